The maximum atomic E-state index is 12.4. The van der Waals surface area contributed by atoms with Crippen LogP contribution in [-0.4, -0.2) is 49.4 Å². The van der Waals surface area contributed by atoms with Gasteiger partial charge < -0.3 is 9.47 Å². The van der Waals surface area contributed by atoms with E-state index in [0.29, 0.717) is 22.7 Å². The van der Waals surface area contributed by atoms with Crippen LogP contribution in [0.1, 0.15) is 26.2 Å². The summed E-state index contributed by atoms with van der Waals surface area (Å²) in [6, 6.07) is 0. The molecule has 26 heavy (non-hydrogen) atoms. The lowest BCUT2D eigenvalue weighted by atomic mass is 10.1. The third-order valence-electron chi connectivity index (χ3n) is 4.61. The average Bonchev–Trinajstić information content (AvgIpc) is 2.98. The Morgan fingerprint density at radius 1 is 1.31 bits per heavy atom. The van der Waals surface area contributed by atoms with Gasteiger partial charge in [-0.25, -0.2) is 9.78 Å². The molecule has 3 rings (SSSR count). The van der Waals surface area contributed by atoms with Gasteiger partial charge in [-0.05, 0) is 32.9 Å². The molecule has 1 saturated heterocycles. The van der Waals surface area contributed by atoms with Crippen molar-refractivity contribution in [1.82, 2.24) is 24.0 Å². The van der Waals surface area contributed by atoms with E-state index in [0.717, 1.165) is 30.5 Å². The molecular formula is C17H24ClN5O2S. The number of likely N-dealkylation sites (tertiary alicyclic amines) is 1. The van der Waals surface area contributed by atoms with Gasteiger partial charge >= 0.3 is 5.69 Å². The molecule has 142 valence electrons. The number of aromatic nitrogens is 4. The smallest absolute Gasteiger partial charge is 0.309 e. The fourth-order valence-corrected chi connectivity index (χ4v) is 4.23. The largest absolute Gasteiger partial charge is 0.329 e. The summed E-state index contributed by atoms with van der Waals surface area (Å²) in [5.41, 5.74) is -0.0678. The van der Waals surface area contributed by atoms with Crippen LogP contribution in [0.4, 0.5) is 0 Å². The van der Waals surface area contributed by atoms with E-state index < -0.39 is 11.2 Å². The number of rotatable bonds is 6. The molecule has 2 aromatic rings. The van der Waals surface area contributed by atoms with Crippen molar-refractivity contribution in [3.63, 3.8) is 0 Å². The SMILES string of the molecule is CC(Cl)=CCn1c(SCCN2CCCCC2)nc2c1c(=O)[nH]c(=O)n2C. The van der Waals surface area contributed by atoms with E-state index in [-0.39, 0.29) is 0 Å². The number of fused-ring (bicyclic) bond motifs is 1. The van der Waals surface area contributed by atoms with Crippen LogP contribution >= 0.6 is 23.4 Å². The minimum atomic E-state index is -0.457. The number of aryl methyl sites for hydroxylation is 1. The number of hydrogen-bond acceptors (Lipinski definition) is 5. The quantitative estimate of drug-likeness (QED) is 0.756. The summed E-state index contributed by atoms with van der Waals surface area (Å²) in [5, 5.41) is 1.38. The maximum absolute atomic E-state index is 12.4. The number of halogens is 1. The number of H-pyrrole nitrogens is 1. The Bertz CT molecular complexity index is 920. The van der Waals surface area contributed by atoms with Crippen molar-refractivity contribution >= 4 is 34.5 Å². The molecule has 2 aromatic heterocycles. The summed E-state index contributed by atoms with van der Waals surface area (Å²) in [6.45, 7) is 5.54. The molecule has 1 N–H and O–H groups in total. The number of allylic oxidation sites excluding steroid dienone is 2. The molecule has 0 radical (unpaired) electrons. The van der Waals surface area contributed by atoms with Crippen molar-refractivity contribution in [1.29, 1.82) is 0 Å². The van der Waals surface area contributed by atoms with Crippen LogP contribution in [0.3, 0.4) is 0 Å². The van der Waals surface area contributed by atoms with E-state index in [1.165, 1.54) is 23.8 Å². The molecule has 0 unspecified atom stereocenters. The van der Waals surface area contributed by atoms with Gasteiger partial charge in [-0.1, -0.05) is 35.9 Å². The summed E-state index contributed by atoms with van der Waals surface area (Å²) in [6.07, 6.45) is 5.68. The van der Waals surface area contributed by atoms with Crippen molar-refractivity contribution in [3.05, 3.63) is 31.9 Å². The molecule has 1 fully saturated rings. The lowest BCUT2D eigenvalue weighted by Gasteiger charge is -2.25. The Balaban J connectivity index is 1.89. The molecule has 0 saturated carbocycles. The van der Waals surface area contributed by atoms with Gasteiger partial charge in [0, 0.05) is 30.9 Å². The summed E-state index contributed by atoms with van der Waals surface area (Å²) in [4.78, 5) is 33.6. The molecule has 0 aromatic carbocycles. The van der Waals surface area contributed by atoms with Crippen LogP contribution in [0.15, 0.2) is 25.9 Å². The third-order valence-corrected chi connectivity index (χ3v) is 5.73. The number of aromatic amines is 1. The van der Waals surface area contributed by atoms with E-state index >= 15 is 0 Å². The van der Waals surface area contributed by atoms with E-state index in [4.69, 9.17) is 11.6 Å². The lowest BCUT2D eigenvalue weighted by Crippen LogP contribution is -2.31. The first-order valence-electron chi connectivity index (χ1n) is 8.84. The standard InChI is InChI=1S/C17H24ClN5O2S/c1-12(18)6-9-23-13-14(21(2)16(25)20-15(13)24)19-17(23)26-11-10-22-7-4-3-5-8-22/h6H,3-5,7-11H2,1-2H3,(H,20,24,25). The van der Waals surface area contributed by atoms with E-state index in [9.17, 15) is 9.59 Å². The zero-order valence-corrected chi connectivity index (χ0v) is 16.7. The van der Waals surface area contributed by atoms with Crippen molar-refractivity contribution in [2.75, 3.05) is 25.4 Å². The van der Waals surface area contributed by atoms with E-state index in [1.54, 1.807) is 25.7 Å². The molecule has 0 aliphatic carbocycles. The molecule has 0 spiro atoms. The van der Waals surface area contributed by atoms with Gasteiger partial charge in [0.1, 0.15) is 0 Å². The average molecular weight is 398 g/mol. The van der Waals surface area contributed by atoms with Crippen LogP contribution in [0.25, 0.3) is 11.2 Å². The Labute approximate surface area is 161 Å². The van der Waals surface area contributed by atoms with Crippen molar-refractivity contribution in [3.8, 4) is 0 Å². The Morgan fingerprint density at radius 2 is 2.04 bits per heavy atom. The van der Waals surface area contributed by atoms with Gasteiger partial charge in [0.2, 0.25) is 0 Å². The van der Waals surface area contributed by atoms with Gasteiger partial charge in [-0.15, -0.1) is 0 Å². The van der Waals surface area contributed by atoms with E-state index in [1.807, 2.05) is 10.6 Å². The number of imidazole rings is 1. The first kappa shape index (κ1) is 19.3. The number of thioether (sulfide) groups is 1. The van der Waals surface area contributed by atoms with Gasteiger partial charge in [-0.3, -0.25) is 14.3 Å². The summed E-state index contributed by atoms with van der Waals surface area (Å²) < 4.78 is 3.21. The summed E-state index contributed by atoms with van der Waals surface area (Å²) in [7, 11) is 1.61. The van der Waals surface area contributed by atoms with Crippen LogP contribution in [0.2, 0.25) is 0 Å². The summed E-state index contributed by atoms with van der Waals surface area (Å²) in [5.74, 6) is 0.888. The highest BCUT2D eigenvalue weighted by Gasteiger charge is 2.17. The Morgan fingerprint density at radius 3 is 2.73 bits per heavy atom. The molecule has 0 bridgehead atoms. The first-order chi connectivity index (χ1) is 12.5. The van der Waals surface area contributed by atoms with Crippen molar-refractivity contribution in [2.24, 2.45) is 7.05 Å². The molecule has 1 aliphatic heterocycles. The van der Waals surface area contributed by atoms with Crippen LogP contribution in [0, 0.1) is 0 Å². The highest BCUT2D eigenvalue weighted by molar-refractivity contribution is 7.99. The first-order valence-corrected chi connectivity index (χ1v) is 10.2. The highest BCUT2D eigenvalue weighted by atomic mass is 35.5. The monoisotopic (exact) mass is 397 g/mol. The maximum Gasteiger partial charge on any atom is 0.329 e. The second-order valence-corrected chi connectivity index (χ2v) is 8.20. The molecular weight excluding hydrogens is 374 g/mol. The Hall–Kier alpha value is -1.51. The van der Waals surface area contributed by atoms with Gasteiger partial charge in [0.25, 0.3) is 5.56 Å². The zero-order valence-electron chi connectivity index (χ0n) is 15.1. The third kappa shape index (κ3) is 4.24. The minimum Gasteiger partial charge on any atom is -0.309 e. The topological polar surface area (TPSA) is 75.9 Å². The van der Waals surface area contributed by atoms with Crippen LogP contribution in [-0.2, 0) is 13.6 Å². The zero-order chi connectivity index (χ0) is 18.7. The Kier molecular flexibility index (Phi) is 6.26. The predicted molar refractivity (Wildman–Crippen MR) is 106 cm³/mol. The van der Waals surface area contributed by atoms with Crippen LogP contribution in [0.5, 0.6) is 0 Å². The number of nitrogens with one attached hydrogen (secondary N) is 1. The molecule has 1 aliphatic rings. The minimum absolute atomic E-state index is 0.403. The fraction of sp³-hybridized carbons (Fsp3) is 0.588. The summed E-state index contributed by atoms with van der Waals surface area (Å²) >= 11 is 7.58. The van der Waals surface area contributed by atoms with Gasteiger partial charge in [0.15, 0.2) is 16.3 Å². The van der Waals surface area contributed by atoms with Crippen molar-refractivity contribution in [2.45, 2.75) is 37.9 Å². The molecule has 0 amide bonds. The molecule has 3 heterocycles. The van der Waals surface area contributed by atoms with Crippen molar-refractivity contribution < 1.29 is 0 Å². The predicted octanol–water partition coefficient (Wildman–Crippen LogP) is 2.14. The number of piperidine rings is 1. The lowest BCUT2D eigenvalue weighted by molar-refractivity contribution is 0.242. The molecule has 7 nitrogen and oxygen atoms in total. The molecule has 0 atom stereocenters. The van der Waals surface area contributed by atoms with Gasteiger partial charge in [0.05, 0.1) is 0 Å². The van der Waals surface area contributed by atoms with Crippen LogP contribution < -0.4 is 11.2 Å². The van der Waals surface area contributed by atoms with Gasteiger partial charge in [-0.2, -0.15) is 0 Å². The molecule has 9 heteroatoms. The highest BCUT2D eigenvalue weighted by Crippen LogP contribution is 2.22. The normalized spacial score (nSPS) is 16.5. The van der Waals surface area contributed by atoms with E-state index in [2.05, 4.69) is 14.9 Å². The number of hydrogen-bond donors (Lipinski definition) is 1. The number of nitrogens with zero attached hydrogens (tertiary/aromatic N) is 4. The second-order valence-electron chi connectivity index (χ2n) is 6.54. The second kappa shape index (κ2) is 8.45. The fourth-order valence-electron chi connectivity index (χ4n) is 3.16.